The van der Waals surface area contributed by atoms with Crippen LogP contribution in [0.5, 0.6) is 0 Å². The van der Waals surface area contributed by atoms with Crippen LogP contribution in [0, 0.1) is 0 Å². The normalized spacial score (nSPS) is 9.58. The number of carboxylic acids is 1. The molecule has 0 spiro atoms. The molecule has 5 nitrogen and oxygen atoms in total. The molecule has 0 heterocycles. The topological polar surface area (TPSA) is 81.0 Å². The van der Waals surface area contributed by atoms with E-state index in [0.717, 1.165) is 0 Å². The molecule has 68 valence electrons. The molecule has 0 bridgehead atoms. The standard InChI is InChI=1S/C6H13NO4.Na.H/c8-3-1-7(2-4-9)5-6(10)11;;/h8-9H,1-5H2,(H,10,11);;. The molecule has 0 fully saturated rings. The van der Waals surface area contributed by atoms with Crippen LogP contribution in [0.3, 0.4) is 0 Å². The average molecular weight is 187 g/mol. The summed E-state index contributed by atoms with van der Waals surface area (Å²) < 4.78 is 0. The van der Waals surface area contributed by atoms with Crippen molar-refractivity contribution in [3.05, 3.63) is 0 Å². The molecule has 0 aromatic heterocycles. The van der Waals surface area contributed by atoms with Crippen LogP contribution in [0.15, 0.2) is 0 Å². The maximum absolute atomic E-state index is 10.2. The van der Waals surface area contributed by atoms with E-state index in [4.69, 9.17) is 15.3 Å². The first-order chi connectivity index (χ1) is 5.20. The number of hydrogen-bond acceptors (Lipinski definition) is 4. The van der Waals surface area contributed by atoms with Crippen LogP contribution in [-0.4, -0.2) is 88.6 Å². The van der Waals surface area contributed by atoms with Crippen LogP contribution < -0.4 is 0 Å². The van der Waals surface area contributed by atoms with E-state index in [2.05, 4.69) is 0 Å². The summed E-state index contributed by atoms with van der Waals surface area (Å²) in [7, 11) is 0. The molecule has 0 amide bonds. The third kappa shape index (κ3) is 8.45. The Kier molecular flexibility index (Phi) is 11.7. The second-order valence-corrected chi connectivity index (χ2v) is 2.12. The molecule has 0 rings (SSSR count). The first-order valence-electron chi connectivity index (χ1n) is 3.36. The number of carbonyl (C=O) groups is 1. The van der Waals surface area contributed by atoms with Crippen molar-refractivity contribution in [2.45, 2.75) is 0 Å². The molecule has 0 aromatic rings. The summed E-state index contributed by atoms with van der Waals surface area (Å²) >= 11 is 0. The summed E-state index contributed by atoms with van der Waals surface area (Å²) in [5, 5.41) is 25.3. The number of aliphatic hydroxyl groups excluding tert-OH is 2. The van der Waals surface area contributed by atoms with E-state index in [1.165, 1.54) is 4.90 Å². The van der Waals surface area contributed by atoms with Crippen molar-refractivity contribution in [2.75, 3.05) is 32.8 Å². The van der Waals surface area contributed by atoms with Crippen molar-refractivity contribution in [1.29, 1.82) is 0 Å². The van der Waals surface area contributed by atoms with Crippen molar-refractivity contribution < 1.29 is 20.1 Å². The van der Waals surface area contributed by atoms with E-state index in [1.54, 1.807) is 0 Å². The zero-order valence-corrected chi connectivity index (χ0v) is 6.23. The van der Waals surface area contributed by atoms with Gasteiger partial charge in [0.05, 0.1) is 19.8 Å². The van der Waals surface area contributed by atoms with Gasteiger partial charge in [-0.05, 0) is 0 Å². The molecule has 0 aliphatic heterocycles. The molecule has 6 heteroatoms. The number of aliphatic hydroxyl groups is 2. The summed E-state index contributed by atoms with van der Waals surface area (Å²) in [5.41, 5.74) is 0. The van der Waals surface area contributed by atoms with Gasteiger partial charge >= 0.3 is 35.5 Å². The number of nitrogens with zero attached hydrogens (tertiary/aromatic N) is 1. The van der Waals surface area contributed by atoms with Gasteiger partial charge in [0.15, 0.2) is 0 Å². The summed E-state index contributed by atoms with van der Waals surface area (Å²) in [6.45, 7) is 0.251. The molecule has 0 radical (unpaired) electrons. The van der Waals surface area contributed by atoms with Gasteiger partial charge in [-0.1, -0.05) is 0 Å². The van der Waals surface area contributed by atoms with Gasteiger partial charge in [0.25, 0.3) is 0 Å². The number of hydrogen-bond donors (Lipinski definition) is 3. The van der Waals surface area contributed by atoms with E-state index < -0.39 is 5.97 Å². The Morgan fingerprint density at radius 2 is 1.58 bits per heavy atom. The van der Waals surface area contributed by atoms with Gasteiger partial charge in [-0.15, -0.1) is 0 Å². The molecule has 0 saturated heterocycles. The van der Waals surface area contributed by atoms with Crippen molar-refractivity contribution in [2.24, 2.45) is 0 Å². The molecule has 0 atom stereocenters. The van der Waals surface area contributed by atoms with E-state index in [0.29, 0.717) is 0 Å². The van der Waals surface area contributed by atoms with E-state index in [9.17, 15) is 4.79 Å². The molecule has 0 aliphatic rings. The first-order valence-corrected chi connectivity index (χ1v) is 3.36. The fraction of sp³-hybridized carbons (Fsp3) is 0.833. The molecule has 0 aliphatic carbocycles. The zero-order chi connectivity index (χ0) is 8.69. The maximum atomic E-state index is 10.2. The van der Waals surface area contributed by atoms with Gasteiger partial charge in [-0.2, -0.15) is 0 Å². The van der Waals surface area contributed by atoms with Crippen LogP contribution in [0.1, 0.15) is 0 Å². The van der Waals surface area contributed by atoms with Crippen LogP contribution in [0.2, 0.25) is 0 Å². The first kappa shape index (κ1) is 14.9. The van der Waals surface area contributed by atoms with Crippen LogP contribution in [0.25, 0.3) is 0 Å². The molecule has 12 heavy (non-hydrogen) atoms. The van der Waals surface area contributed by atoms with Crippen LogP contribution in [-0.2, 0) is 4.79 Å². The number of aliphatic carboxylic acids is 1. The van der Waals surface area contributed by atoms with Gasteiger partial charge in [0.1, 0.15) is 0 Å². The Morgan fingerprint density at radius 1 is 1.17 bits per heavy atom. The fourth-order valence-electron chi connectivity index (χ4n) is 0.744. The van der Waals surface area contributed by atoms with Gasteiger partial charge in [0, 0.05) is 13.1 Å². The quantitative estimate of drug-likeness (QED) is 0.408. The van der Waals surface area contributed by atoms with Crippen molar-refractivity contribution in [3.63, 3.8) is 0 Å². The zero-order valence-electron chi connectivity index (χ0n) is 6.23. The molecular formula is C6H14NNaO4. The minimum absolute atomic E-state index is 0. The monoisotopic (exact) mass is 187 g/mol. The Bertz CT molecular complexity index is 116. The van der Waals surface area contributed by atoms with Crippen molar-refractivity contribution in [3.8, 4) is 0 Å². The second-order valence-electron chi connectivity index (χ2n) is 2.12. The molecule has 0 saturated carbocycles. The Hall–Kier alpha value is 0.350. The summed E-state index contributed by atoms with van der Waals surface area (Å²) in [6.07, 6.45) is 0. The molecule has 0 aromatic carbocycles. The molecule has 0 unspecified atom stereocenters. The van der Waals surface area contributed by atoms with Gasteiger partial charge in [-0.25, -0.2) is 0 Å². The fourth-order valence-corrected chi connectivity index (χ4v) is 0.744. The van der Waals surface area contributed by atoms with Gasteiger partial charge in [-0.3, -0.25) is 9.69 Å². The molecular weight excluding hydrogens is 173 g/mol. The van der Waals surface area contributed by atoms with Crippen LogP contribution in [0.4, 0.5) is 0 Å². The minimum atomic E-state index is -0.952. The third-order valence-electron chi connectivity index (χ3n) is 1.19. The SMILES string of the molecule is O=C(O)CN(CCO)CCO.[NaH]. The van der Waals surface area contributed by atoms with Crippen LogP contribution >= 0.6 is 0 Å². The summed E-state index contributed by atoms with van der Waals surface area (Å²) in [6, 6.07) is 0. The van der Waals surface area contributed by atoms with E-state index >= 15 is 0 Å². The second kappa shape index (κ2) is 9.44. The number of carboxylic acid groups (broad SMARTS) is 1. The van der Waals surface area contributed by atoms with Gasteiger partial charge in [0.2, 0.25) is 0 Å². The predicted octanol–water partition coefficient (Wildman–Crippen LogP) is -2.29. The average Bonchev–Trinajstić information content (AvgIpc) is 1.87. The molecule has 3 N–H and O–H groups in total. The van der Waals surface area contributed by atoms with Crippen molar-refractivity contribution in [1.82, 2.24) is 4.90 Å². The van der Waals surface area contributed by atoms with Crippen molar-refractivity contribution >= 4 is 35.5 Å². The van der Waals surface area contributed by atoms with E-state index in [1.807, 2.05) is 0 Å². The summed E-state index contributed by atoms with van der Waals surface area (Å²) in [4.78, 5) is 11.6. The summed E-state index contributed by atoms with van der Waals surface area (Å²) in [5.74, 6) is -0.952. The number of rotatable bonds is 6. The van der Waals surface area contributed by atoms with E-state index in [-0.39, 0.29) is 62.4 Å². The third-order valence-corrected chi connectivity index (χ3v) is 1.19. The Labute approximate surface area is 93.3 Å². The Balaban J connectivity index is 0. The van der Waals surface area contributed by atoms with Gasteiger partial charge < -0.3 is 15.3 Å². The Morgan fingerprint density at radius 3 is 1.83 bits per heavy atom. The predicted molar refractivity (Wildman–Crippen MR) is 45.4 cm³/mol.